The van der Waals surface area contributed by atoms with Gasteiger partial charge in [-0.15, -0.1) is 0 Å². The number of hydrogen-bond donors (Lipinski definition) is 1. The van der Waals surface area contributed by atoms with Gasteiger partial charge in [-0.2, -0.15) is 0 Å². The van der Waals surface area contributed by atoms with E-state index in [0.717, 1.165) is 54.8 Å². The Morgan fingerprint density at radius 3 is 2.62 bits per heavy atom. The van der Waals surface area contributed by atoms with Gasteiger partial charge in [0.25, 0.3) is 0 Å². The Bertz CT molecular complexity index is 1100. The minimum absolute atomic E-state index is 0.103. The average molecular weight is 617 g/mol. The maximum atomic E-state index is 13.8. The SMILES string of the molecule is CC(C)C1=CC2CC3(C=O)[C@@H]4CC[C@@H](C)[C@H]4CC2(C2CC(CCc4ccccc4)C(CI)O2)C13C(=O)O. The molecule has 4 bridgehead atoms. The second kappa shape index (κ2) is 9.18. The van der Waals surface area contributed by atoms with Gasteiger partial charge in [0, 0.05) is 9.84 Å². The van der Waals surface area contributed by atoms with Gasteiger partial charge in [-0.25, -0.2) is 0 Å². The van der Waals surface area contributed by atoms with Crippen LogP contribution >= 0.6 is 22.6 Å². The van der Waals surface area contributed by atoms with E-state index in [4.69, 9.17) is 4.74 Å². The van der Waals surface area contributed by atoms with Crippen LogP contribution < -0.4 is 0 Å². The molecule has 37 heavy (non-hydrogen) atoms. The van der Waals surface area contributed by atoms with Gasteiger partial charge in [0.2, 0.25) is 0 Å². The lowest BCUT2D eigenvalue weighted by atomic mass is 9.41. The quantitative estimate of drug-likeness (QED) is 0.152. The van der Waals surface area contributed by atoms with E-state index >= 15 is 0 Å². The molecule has 4 aliphatic carbocycles. The molecule has 0 aromatic heterocycles. The number of fused-ring (bicyclic) bond motifs is 2. The lowest BCUT2D eigenvalue weighted by Crippen LogP contribution is -2.65. The molecule has 1 N–H and O–H groups in total. The molecule has 0 radical (unpaired) electrons. The number of aliphatic carboxylic acids is 1. The highest BCUT2D eigenvalue weighted by Gasteiger charge is 2.86. The predicted octanol–water partition coefficient (Wildman–Crippen LogP) is 6.75. The number of halogens is 1. The van der Waals surface area contributed by atoms with Crippen LogP contribution in [0.25, 0.3) is 0 Å². The van der Waals surface area contributed by atoms with E-state index < -0.39 is 22.2 Å². The van der Waals surface area contributed by atoms with Crippen molar-refractivity contribution in [2.24, 2.45) is 51.8 Å². The Labute approximate surface area is 235 Å². The van der Waals surface area contributed by atoms with E-state index in [1.165, 1.54) is 5.56 Å². The second-order valence-electron chi connectivity index (χ2n) is 13.2. The first-order valence-corrected chi connectivity index (χ1v) is 16.0. The molecule has 1 aliphatic heterocycles. The number of carboxylic acids is 1. The van der Waals surface area contributed by atoms with Crippen molar-refractivity contribution in [2.45, 2.75) is 77.9 Å². The van der Waals surface area contributed by atoms with Gasteiger partial charge in [-0.3, -0.25) is 4.79 Å². The molecule has 1 heterocycles. The lowest BCUT2D eigenvalue weighted by molar-refractivity contribution is -0.196. The third-order valence-corrected chi connectivity index (χ3v) is 12.6. The van der Waals surface area contributed by atoms with E-state index in [9.17, 15) is 14.7 Å². The summed E-state index contributed by atoms with van der Waals surface area (Å²) in [5, 5.41) is 11.3. The monoisotopic (exact) mass is 616 g/mol. The molecule has 1 aromatic rings. The first kappa shape index (κ1) is 26.0. The summed E-state index contributed by atoms with van der Waals surface area (Å²) in [6, 6.07) is 10.7. The van der Waals surface area contributed by atoms with Gasteiger partial charge in [0.05, 0.1) is 17.6 Å². The first-order chi connectivity index (χ1) is 17.8. The number of carbonyl (C=O) groups is 2. The van der Waals surface area contributed by atoms with Crippen LogP contribution in [0.15, 0.2) is 42.0 Å². The van der Waals surface area contributed by atoms with E-state index in [1.54, 1.807) is 0 Å². The van der Waals surface area contributed by atoms with Crippen LogP contribution in [-0.2, 0) is 20.7 Å². The Kier molecular flexibility index (Phi) is 6.46. The number of allylic oxidation sites excluding steroid dienone is 1. The molecule has 6 rings (SSSR count). The summed E-state index contributed by atoms with van der Waals surface area (Å²) in [6.45, 7) is 6.58. The van der Waals surface area contributed by atoms with E-state index in [-0.39, 0.29) is 30.0 Å². The van der Waals surface area contributed by atoms with Crippen molar-refractivity contribution in [3.05, 3.63) is 47.5 Å². The van der Waals surface area contributed by atoms with Crippen molar-refractivity contribution in [3.8, 4) is 0 Å². The number of aryl methyl sites for hydroxylation is 1. The molecule has 4 nitrogen and oxygen atoms in total. The summed E-state index contributed by atoms with van der Waals surface area (Å²) in [6.07, 6.45) is 10.1. The summed E-state index contributed by atoms with van der Waals surface area (Å²) < 4.78 is 7.93. The molecule has 4 fully saturated rings. The topological polar surface area (TPSA) is 63.6 Å². The maximum Gasteiger partial charge on any atom is 0.315 e. The highest BCUT2D eigenvalue weighted by Crippen LogP contribution is 2.84. The van der Waals surface area contributed by atoms with E-state index in [0.29, 0.717) is 24.2 Å². The summed E-state index contributed by atoms with van der Waals surface area (Å²) >= 11 is 2.45. The number of aldehydes is 1. The Morgan fingerprint density at radius 2 is 1.97 bits per heavy atom. The minimum Gasteiger partial charge on any atom is -0.481 e. The lowest BCUT2D eigenvalue weighted by Gasteiger charge is -2.60. The van der Waals surface area contributed by atoms with E-state index in [1.807, 2.05) is 0 Å². The number of benzene rings is 1. The zero-order chi connectivity index (χ0) is 26.2. The number of carboxylic acid groups (broad SMARTS) is 1. The van der Waals surface area contributed by atoms with Crippen molar-refractivity contribution in [1.29, 1.82) is 0 Å². The summed E-state index contributed by atoms with van der Waals surface area (Å²) in [4.78, 5) is 27.1. The summed E-state index contributed by atoms with van der Waals surface area (Å²) in [5.74, 6) is 0.974. The first-order valence-electron chi connectivity index (χ1n) is 14.4. The van der Waals surface area contributed by atoms with Crippen molar-refractivity contribution < 1.29 is 19.4 Å². The number of carbonyl (C=O) groups excluding carboxylic acids is 1. The third-order valence-electron chi connectivity index (χ3n) is 11.8. The zero-order valence-electron chi connectivity index (χ0n) is 22.4. The minimum atomic E-state index is -1.14. The Morgan fingerprint density at radius 1 is 1.22 bits per heavy atom. The molecule has 10 atom stereocenters. The maximum absolute atomic E-state index is 13.8. The highest BCUT2D eigenvalue weighted by atomic mass is 127. The fourth-order valence-electron chi connectivity index (χ4n) is 10.5. The van der Waals surface area contributed by atoms with Crippen molar-refractivity contribution in [1.82, 2.24) is 0 Å². The molecule has 5 aliphatic rings. The molecular formula is C32H41IO4. The van der Waals surface area contributed by atoms with Gasteiger partial charge in [-0.05, 0) is 79.6 Å². The largest absolute Gasteiger partial charge is 0.481 e. The normalized spacial score (nSPS) is 45.8. The Balaban J connectivity index is 1.43. The van der Waals surface area contributed by atoms with Crippen LogP contribution in [0.4, 0.5) is 0 Å². The second-order valence-corrected chi connectivity index (χ2v) is 14.1. The standard InChI is InChI=1S/C32H41IO4/c1-19(2)26-14-23-15-30(18-34)25-12-9-20(3)24(25)16-31(23,32(26,30)29(35)36)28-13-22(27(17-33)37-28)11-10-21-7-5-4-6-8-21/h4-8,14,18-20,22-25,27-28H,9-13,15-17H2,1-3H3,(H,35,36)/t20-,22?,23?,24-,25-,27?,28?,30?,31?,32?/m1/s1. The highest BCUT2D eigenvalue weighted by molar-refractivity contribution is 14.1. The van der Waals surface area contributed by atoms with Gasteiger partial charge < -0.3 is 14.6 Å². The van der Waals surface area contributed by atoms with Gasteiger partial charge in [-0.1, -0.05) is 91.8 Å². The average Bonchev–Trinajstić information content (AvgIpc) is 3.60. The fourth-order valence-corrected chi connectivity index (χ4v) is 11.4. The molecule has 0 amide bonds. The van der Waals surface area contributed by atoms with Crippen molar-refractivity contribution >= 4 is 34.8 Å². The van der Waals surface area contributed by atoms with Crippen LogP contribution in [0, 0.1) is 51.8 Å². The van der Waals surface area contributed by atoms with Crippen LogP contribution in [0.2, 0.25) is 0 Å². The number of hydrogen-bond acceptors (Lipinski definition) is 3. The molecule has 5 heteroatoms. The van der Waals surface area contributed by atoms with E-state index in [2.05, 4.69) is 79.8 Å². The molecule has 7 unspecified atom stereocenters. The molecule has 0 spiro atoms. The van der Waals surface area contributed by atoms with Crippen LogP contribution in [-0.4, -0.2) is 34.0 Å². The summed E-state index contributed by atoms with van der Waals surface area (Å²) in [5.41, 5.74) is -0.103. The smallest absolute Gasteiger partial charge is 0.315 e. The molecule has 200 valence electrons. The summed E-state index contributed by atoms with van der Waals surface area (Å²) in [7, 11) is 0. The fraction of sp³-hybridized carbons (Fsp3) is 0.688. The Hall–Kier alpha value is -1.21. The molecule has 3 saturated carbocycles. The zero-order valence-corrected chi connectivity index (χ0v) is 24.5. The number of alkyl halides is 1. The van der Waals surface area contributed by atoms with Crippen molar-refractivity contribution in [3.63, 3.8) is 0 Å². The van der Waals surface area contributed by atoms with Gasteiger partial charge >= 0.3 is 5.97 Å². The third kappa shape index (κ3) is 3.22. The molecule has 1 saturated heterocycles. The van der Waals surface area contributed by atoms with Crippen LogP contribution in [0.1, 0.15) is 64.9 Å². The van der Waals surface area contributed by atoms with Gasteiger partial charge in [0.1, 0.15) is 11.7 Å². The molecule has 1 aromatic carbocycles. The van der Waals surface area contributed by atoms with Crippen molar-refractivity contribution in [2.75, 3.05) is 4.43 Å². The van der Waals surface area contributed by atoms with Gasteiger partial charge in [0.15, 0.2) is 0 Å². The van der Waals surface area contributed by atoms with Crippen LogP contribution in [0.5, 0.6) is 0 Å². The van der Waals surface area contributed by atoms with Crippen LogP contribution in [0.3, 0.4) is 0 Å². The predicted molar refractivity (Wildman–Crippen MR) is 152 cm³/mol. The number of rotatable bonds is 8. The number of ether oxygens (including phenoxy) is 1. The molecular weight excluding hydrogens is 575 g/mol.